The largest absolute Gasteiger partial charge is 0.496 e. The number of halogens is 4. The van der Waals surface area contributed by atoms with Gasteiger partial charge in [-0.2, -0.15) is 13.2 Å². The van der Waals surface area contributed by atoms with E-state index in [0.717, 1.165) is 54.1 Å². The number of fused-ring (bicyclic) bond motifs is 1. The maximum absolute atomic E-state index is 14.3. The van der Waals surface area contributed by atoms with E-state index in [1.165, 1.54) is 10.6 Å². The molecule has 3 aliphatic heterocycles. The van der Waals surface area contributed by atoms with Crippen LogP contribution in [-0.2, 0) is 29.4 Å². The summed E-state index contributed by atoms with van der Waals surface area (Å²) in [6, 6.07) is 8.75. The Bertz CT molecular complexity index is 2250. The van der Waals surface area contributed by atoms with Crippen LogP contribution < -0.4 is 20.9 Å². The number of methoxy groups -OCH3 is 1. The summed E-state index contributed by atoms with van der Waals surface area (Å²) in [5.74, 6) is -0.717. The zero-order valence-corrected chi connectivity index (χ0v) is 32.8. The lowest BCUT2D eigenvalue weighted by Gasteiger charge is -2.41. The Hall–Kier alpha value is -5.15. The number of rotatable bonds is 8. The van der Waals surface area contributed by atoms with Crippen LogP contribution in [0.1, 0.15) is 61.1 Å². The number of nitrogens with one attached hydrogen (secondary N) is 2. The topological polar surface area (TPSA) is 129 Å². The third kappa shape index (κ3) is 8.45. The number of alkyl halides is 3. The van der Waals surface area contributed by atoms with Crippen molar-refractivity contribution in [3.05, 3.63) is 87.1 Å². The average molecular weight is 808 g/mol. The van der Waals surface area contributed by atoms with Crippen molar-refractivity contribution in [1.82, 2.24) is 29.6 Å². The monoisotopic (exact) mass is 807 g/mol. The van der Waals surface area contributed by atoms with Crippen LogP contribution in [0.25, 0.3) is 21.9 Å². The molecule has 4 amide bonds. The first-order valence-electron chi connectivity index (χ1n) is 19.1. The maximum Gasteiger partial charge on any atom is 0.416 e. The molecule has 12 nitrogen and oxygen atoms in total. The molecule has 0 spiro atoms. The minimum Gasteiger partial charge on any atom is -0.496 e. The van der Waals surface area contributed by atoms with Gasteiger partial charge in [-0.25, -0.2) is 4.79 Å². The van der Waals surface area contributed by atoms with Gasteiger partial charge >= 0.3 is 12.2 Å². The van der Waals surface area contributed by atoms with Crippen molar-refractivity contribution in [2.75, 3.05) is 45.7 Å². The van der Waals surface area contributed by atoms with E-state index < -0.39 is 29.6 Å². The van der Waals surface area contributed by atoms with E-state index in [1.54, 1.807) is 55.7 Å². The standard InChI is InChI=1S/C41H45ClF3N7O5/c1-49-22-31(29-8-13-46-21-30(29)39(49)55)25-18-34(42)32(36(19-25)57-3)23-51-14-11-27(12-15-51)50(2)40(56)52-16-9-24(10-17-52)28-5-4-26(20-33(28)41(43,44)45)47-35-6-7-37(53)48-38(35)54/h4-5,8,13,18-22,24,27,35,47H,6-7,9-12,14-17,23H2,1-3H3,(H,48,53,54). The molecule has 57 heavy (non-hydrogen) atoms. The number of urea groups is 1. The molecule has 1 unspecified atom stereocenters. The number of carbonyl (C=O) groups excluding carboxylic acids is 3. The number of imide groups is 1. The zero-order valence-electron chi connectivity index (χ0n) is 32.0. The van der Waals surface area contributed by atoms with Crippen molar-refractivity contribution in [3.63, 3.8) is 0 Å². The van der Waals surface area contributed by atoms with Crippen molar-refractivity contribution in [2.45, 2.75) is 69.2 Å². The lowest BCUT2D eigenvalue weighted by Crippen LogP contribution is -2.51. The normalized spacial score (nSPS) is 18.8. The molecule has 0 radical (unpaired) electrons. The highest BCUT2D eigenvalue weighted by Crippen LogP contribution is 2.41. The highest BCUT2D eigenvalue weighted by molar-refractivity contribution is 6.32. The fourth-order valence-corrected chi connectivity index (χ4v) is 8.64. The SMILES string of the molecule is COc1cc(-c2cn(C)c(=O)c3cnccc23)cc(Cl)c1CN1CCC(N(C)C(=O)N2CCC(c3ccc(NC4CCC(=O)NC4=O)cc3C(F)(F)F)CC2)CC1. The highest BCUT2D eigenvalue weighted by Gasteiger charge is 2.38. The summed E-state index contributed by atoms with van der Waals surface area (Å²) in [5.41, 5.74) is 1.92. The molecule has 1 atom stereocenters. The van der Waals surface area contributed by atoms with Crippen LogP contribution >= 0.6 is 11.6 Å². The number of amides is 4. The number of anilines is 1. The number of aromatic nitrogens is 2. The Morgan fingerprint density at radius 1 is 1.02 bits per heavy atom. The number of aryl methyl sites for hydroxylation is 1. The summed E-state index contributed by atoms with van der Waals surface area (Å²) in [6.45, 7) is 2.66. The van der Waals surface area contributed by atoms with E-state index in [-0.39, 0.29) is 47.6 Å². The smallest absolute Gasteiger partial charge is 0.416 e. The molecule has 16 heteroatoms. The van der Waals surface area contributed by atoms with Crippen molar-refractivity contribution < 1.29 is 32.3 Å². The minimum absolute atomic E-state index is 0.0000403. The van der Waals surface area contributed by atoms with Gasteiger partial charge < -0.3 is 24.4 Å². The summed E-state index contributed by atoms with van der Waals surface area (Å²) in [5, 5.41) is 6.88. The molecule has 0 bridgehead atoms. The second kappa shape index (κ2) is 16.4. The van der Waals surface area contributed by atoms with Crippen LogP contribution in [0.4, 0.5) is 23.7 Å². The number of ether oxygens (including phenoxy) is 1. The Balaban J connectivity index is 0.948. The van der Waals surface area contributed by atoms with Gasteiger partial charge in [0.2, 0.25) is 11.8 Å². The number of hydrogen-bond acceptors (Lipinski definition) is 8. The minimum atomic E-state index is -4.61. The lowest BCUT2D eigenvalue weighted by molar-refractivity contribution is -0.138. The van der Waals surface area contributed by atoms with E-state index in [0.29, 0.717) is 48.6 Å². The molecule has 3 saturated heterocycles. The van der Waals surface area contributed by atoms with Crippen molar-refractivity contribution in [2.24, 2.45) is 7.05 Å². The van der Waals surface area contributed by atoms with Gasteiger partial charge in [-0.3, -0.25) is 29.6 Å². The first kappa shape index (κ1) is 40.1. The fraction of sp³-hybridized carbons (Fsp3) is 0.439. The summed E-state index contributed by atoms with van der Waals surface area (Å²) in [7, 11) is 5.10. The lowest BCUT2D eigenvalue weighted by atomic mass is 9.86. The van der Waals surface area contributed by atoms with E-state index in [1.807, 2.05) is 18.2 Å². The molecule has 3 aliphatic rings. The summed E-state index contributed by atoms with van der Waals surface area (Å²) >= 11 is 6.92. The molecule has 2 N–H and O–H groups in total. The Kier molecular flexibility index (Phi) is 11.5. The number of hydrogen-bond donors (Lipinski definition) is 2. The van der Waals surface area contributed by atoms with E-state index in [9.17, 15) is 32.3 Å². The maximum atomic E-state index is 14.3. The van der Waals surface area contributed by atoms with Crippen LogP contribution in [0, 0.1) is 0 Å². The second-order valence-corrected chi connectivity index (χ2v) is 15.5. The number of pyridine rings is 2. The van der Waals surface area contributed by atoms with Gasteiger partial charge in [0.25, 0.3) is 5.56 Å². The molecule has 4 aromatic rings. The van der Waals surface area contributed by atoms with E-state index in [4.69, 9.17) is 16.3 Å². The molecular formula is C41H45ClF3N7O5. The van der Waals surface area contributed by atoms with Gasteiger partial charge in [0, 0.05) is 99.7 Å². The fourth-order valence-electron chi connectivity index (χ4n) is 8.37. The van der Waals surface area contributed by atoms with Crippen molar-refractivity contribution in [1.29, 1.82) is 0 Å². The number of carbonyl (C=O) groups is 3. The highest BCUT2D eigenvalue weighted by atomic mass is 35.5. The van der Waals surface area contributed by atoms with Gasteiger partial charge in [0.05, 0.1) is 18.1 Å². The van der Waals surface area contributed by atoms with E-state index in [2.05, 4.69) is 20.5 Å². The average Bonchev–Trinajstić information content (AvgIpc) is 3.20. The number of likely N-dealkylation sites (tertiary alicyclic amines) is 2. The van der Waals surface area contributed by atoms with Gasteiger partial charge in [0.15, 0.2) is 0 Å². The second-order valence-electron chi connectivity index (χ2n) is 15.1. The number of benzene rings is 2. The third-order valence-corrected chi connectivity index (χ3v) is 11.9. The van der Waals surface area contributed by atoms with Crippen LogP contribution in [-0.4, -0.2) is 94.5 Å². The molecular weight excluding hydrogens is 763 g/mol. The molecule has 302 valence electrons. The number of piperidine rings is 3. The molecule has 7 rings (SSSR count). The zero-order chi connectivity index (χ0) is 40.6. The predicted octanol–water partition coefficient (Wildman–Crippen LogP) is 6.39. The first-order valence-corrected chi connectivity index (χ1v) is 19.4. The predicted molar refractivity (Wildman–Crippen MR) is 210 cm³/mol. The van der Waals surface area contributed by atoms with Crippen LogP contribution in [0.5, 0.6) is 5.75 Å². The van der Waals surface area contributed by atoms with Gasteiger partial charge in [-0.05, 0) is 84.9 Å². The van der Waals surface area contributed by atoms with Gasteiger partial charge in [-0.15, -0.1) is 0 Å². The quantitative estimate of drug-likeness (QED) is 0.196. The Morgan fingerprint density at radius 3 is 2.44 bits per heavy atom. The van der Waals surface area contributed by atoms with Gasteiger partial charge in [-0.1, -0.05) is 17.7 Å². The summed E-state index contributed by atoms with van der Waals surface area (Å²) in [4.78, 5) is 59.9. The Labute approximate surface area is 332 Å². The van der Waals surface area contributed by atoms with Crippen LogP contribution in [0.3, 0.4) is 0 Å². The number of nitrogens with zero attached hydrogens (tertiary/aromatic N) is 5. The van der Waals surface area contributed by atoms with E-state index >= 15 is 0 Å². The molecule has 2 aromatic carbocycles. The molecule has 3 fully saturated rings. The molecule has 0 aliphatic carbocycles. The summed E-state index contributed by atoms with van der Waals surface area (Å²) in [6.07, 6.45) is 2.95. The van der Waals surface area contributed by atoms with Crippen LogP contribution in [0.15, 0.2) is 59.8 Å². The molecule has 2 aromatic heterocycles. The summed E-state index contributed by atoms with van der Waals surface area (Å²) < 4.78 is 50.3. The Morgan fingerprint density at radius 2 is 1.75 bits per heavy atom. The molecule has 0 saturated carbocycles. The first-order chi connectivity index (χ1) is 27.2. The van der Waals surface area contributed by atoms with Gasteiger partial charge in [0.1, 0.15) is 11.8 Å². The van der Waals surface area contributed by atoms with Crippen molar-refractivity contribution in [3.8, 4) is 16.9 Å². The van der Waals surface area contributed by atoms with Crippen molar-refractivity contribution >= 4 is 45.9 Å². The van der Waals surface area contributed by atoms with Crippen LogP contribution in [0.2, 0.25) is 5.02 Å². The molecule has 5 heterocycles. The third-order valence-electron chi connectivity index (χ3n) is 11.6.